The Morgan fingerprint density at radius 3 is 2.21 bits per heavy atom. The molecule has 0 unspecified atom stereocenters. The molecule has 2 aromatic rings. The van der Waals surface area contributed by atoms with Gasteiger partial charge in [-0.15, -0.1) is 0 Å². The number of hydrogen-bond acceptors (Lipinski definition) is 3. The van der Waals surface area contributed by atoms with Crippen LogP contribution < -0.4 is 9.47 Å². The number of aromatic carboxylic acids is 1. The van der Waals surface area contributed by atoms with Crippen molar-refractivity contribution in [3.63, 3.8) is 0 Å². The van der Waals surface area contributed by atoms with Crippen LogP contribution >= 0.6 is 0 Å². The lowest BCUT2D eigenvalue weighted by atomic mass is 9.98. The highest BCUT2D eigenvalue weighted by molar-refractivity contribution is 5.92. The minimum Gasteiger partial charge on any atom is -0.493 e. The van der Waals surface area contributed by atoms with E-state index in [0.29, 0.717) is 19.0 Å². The Balaban J connectivity index is 2.44. The molecule has 24 heavy (non-hydrogen) atoms. The van der Waals surface area contributed by atoms with Crippen LogP contribution in [0.25, 0.3) is 11.1 Å². The molecule has 4 heteroatoms. The van der Waals surface area contributed by atoms with Gasteiger partial charge < -0.3 is 14.6 Å². The van der Waals surface area contributed by atoms with Gasteiger partial charge in [-0.3, -0.25) is 0 Å². The van der Waals surface area contributed by atoms with Crippen molar-refractivity contribution in [3.05, 3.63) is 47.0 Å². The van der Waals surface area contributed by atoms with Gasteiger partial charge in [0.15, 0.2) is 0 Å². The fraction of sp³-hybridized carbons (Fsp3) is 0.350. The molecule has 0 spiro atoms. The van der Waals surface area contributed by atoms with E-state index in [1.165, 1.54) is 0 Å². The number of carboxylic acid groups (broad SMARTS) is 1. The Kier molecular flexibility index (Phi) is 5.85. The Morgan fingerprint density at radius 2 is 1.67 bits per heavy atom. The van der Waals surface area contributed by atoms with Gasteiger partial charge in [-0.05, 0) is 73.7 Å². The van der Waals surface area contributed by atoms with Crippen LogP contribution in [0.5, 0.6) is 11.5 Å². The monoisotopic (exact) mass is 328 g/mol. The lowest BCUT2D eigenvalue weighted by molar-refractivity contribution is 0.0692. The van der Waals surface area contributed by atoms with E-state index in [2.05, 4.69) is 19.1 Å². The van der Waals surface area contributed by atoms with Gasteiger partial charge in [-0.2, -0.15) is 0 Å². The second-order valence-electron chi connectivity index (χ2n) is 5.74. The summed E-state index contributed by atoms with van der Waals surface area (Å²) in [5.74, 6) is 0.331. The lowest BCUT2D eigenvalue weighted by Gasteiger charge is -2.15. The Morgan fingerprint density at radius 1 is 1.00 bits per heavy atom. The molecule has 1 N–H and O–H groups in total. The van der Waals surface area contributed by atoms with E-state index < -0.39 is 5.97 Å². The molecular formula is C20H24O4. The number of aryl methyl sites for hydroxylation is 2. The summed E-state index contributed by atoms with van der Waals surface area (Å²) in [5, 5.41) is 9.26. The summed E-state index contributed by atoms with van der Waals surface area (Å²) in [6, 6.07) is 9.31. The maximum atomic E-state index is 11.3. The van der Waals surface area contributed by atoms with Crippen LogP contribution in [0.15, 0.2) is 30.3 Å². The third-order valence-electron chi connectivity index (χ3n) is 3.76. The Hall–Kier alpha value is -2.49. The van der Waals surface area contributed by atoms with Crippen molar-refractivity contribution >= 4 is 5.97 Å². The van der Waals surface area contributed by atoms with Crippen molar-refractivity contribution in [2.45, 2.75) is 34.1 Å². The van der Waals surface area contributed by atoms with Crippen molar-refractivity contribution in [1.82, 2.24) is 0 Å². The second-order valence-corrected chi connectivity index (χ2v) is 5.74. The molecule has 2 aromatic carbocycles. The number of carboxylic acids is 1. The maximum absolute atomic E-state index is 11.3. The SMILES string of the molecule is CCCOc1c(C)cc(-c2ccc(C(=O)O)c(OCC)c2)cc1C. The largest absolute Gasteiger partial charge is 0.493 e. The van der Waals surface area contributed by atoms with Crippen LogP contribution in [0.2, 0.25) is 0 Å². The normalized spacial score (nSPS) is 10.5. The zero-order chi connectivity index (χ0) is 17.7. The average Bonchev–Trinajstić information content (AvgIpc) is 2.54. The average molecular weight is 328 g/mol. The van der Waals surface area contributed by atoms with E-state index in [0.717, 1.165) is 34.4 Å². The molecule has 0 aliphatic rings. The standard InChI is InChI=1S/C20H24O4/c1-5-9-24-19-13(3)10-16(11-14(19)4)15-7-8-17(20(21)22)18(12-15)23-6-2/h7-8,10-12H,5-6,9H2,1-4H3,(H,21,22). The van der Waals surface area contributed by atoms with Gasteiger partial charge in [0, 0.05) is 0 Å². The van der Waals surface area contributed by atoms with Crippen LogP contribution in [0, 0.1) is 13.8 Å². The topological polar surface area (TPSA) is 55.8 Å². The van der Waals surface area contributed by atoms with Gasteiger partial charge in [0.05, 0.1) is 13.2 Å². The van der Waals surface area contributed by atoms with Gasteiger partial charge >= 0.3 is 5.97 Å². The first-order valence-electron chi connectivity index (χ1n) is 8.22. The highest BCUT2D eigenvalue weighted by Gasteiger charge is 2.14. The quantitative estimate of drug-likeness (QED) is 0.789. The summed E-state index contributed by atoms with van der Waals surface area (Å²) in [4.78, 5) is 11.3. The number of rotatable bonds is 7. The molecule has 0 bridgehead atoms. The predicted molar refractivity (Wildman–Crippen MR) is 95.3 cm³/mol. The van der Waals surface area contributed by atoms with Crippen molar-refractivity contribution in [2.75, 3.05) is 13.2 Å². The van der Waals surface area contributed by atoms with Crippen LogP contribution in [-0.4, -0.2) is 24.3 Å². The number of hydrogen-bond donors (Lipinski definition) is 1. The Labute approximate surface area is 143 Å². The van der Waals surface area contributed by atoms with Gasteiger partial charge in [0.25, 0.3) is 0 Å². The maximum Gasteiger partial charge on any atom is 0.339 e. The number of carbonyl (C=O) groups is 1. The minimum absolute atomic E-state index is 0.178. The fourth-order valence-electron chi connectivity index (χ4n) is 2.70. The molecule has 0 saturated heterocycles. The predicted octanol–water partition coefficient (Wildman–Crippen LogP) is 4.86. The van der Waals surface area contributed by atoms with E-state index >= 15 is 0 Å². The number of ether oxygens (including phenoxy) is 2. The van der Waals surface area contributed by atoms with Gasteiger partial charge in [0.2, 0.25) is 0 Å². The molecule has 0 fully saturated rings. The Bertz CT molecular complexity index is 711. The van der Waals surface area contributed by atoms with Crippen LogP contribution in [0.4, 0.5) is 0 Å². The fourth-order valence-corrected chi connectivity index (χ4v) is 2.70. The summed E-state index contributed by atoms with van der Waals surface area (Å²) in [6.07, 6.45) is 0.967. The highest BCUT2D eigenvalue weighted by atomic mass is 16.5. The third kappa shape index (κ3) is 3.88. The summed E-state index contributed by atoms with van der Waals surface area (Å²) >= 11 is 0. The van der Waals surface area contributed by atoms with Gasteiger partial charge in [-0.25, -0.2) is 4.79 Å². The molecule has 0 heterocycles. The van der Waals surface area contributed by atoms with E-state index in [9.17, 15) is 9.90 Å². The molecule has 0 aromatic heterocycles. The molecule has 0 amide bonds. The van der Waals surface area contributed by atoms with Crippen molar-refractivity contribution in [1.29, 1.82) is 0 Å². The summed E-state index contributed by atoms with van der Waals surface area (Å²) in [5.41, 5.74) is 4.26. The smallest absolute Gasteiger partial charge is 0.339 e. The molecule has 0 aliphatic heterocycles. The summed E-state index contributed by atoms with van der Waals surface area (Å²) in [6.45, 7) is 9.09. The summed E-state index contributed by atoms with van der Waals surface area (Å²) in [7, 11) is 0. The lowest BCUT2D eigenvalue weighted by Crippen LogP contribution is -2.03. The van der Waals surface area contributed by atoms with Crippen molar-refractivity contribution in [3.8, 4) is 22.6 Å². The molecule has 0 radical (unpaired) electrons. The van der Waals surface area contributed by atoms with Crippen LogP contribution in [0.3, 0.4) is 0 Å². The van der Waals surface area contributed by atoms with Crippen LogP contribution in [-0.2, 0) is 0 Å². The minimum atomic E-state index is -0.985. The molecule has 128 valence electrons. The van der Waals surface area contributed by atoms with E-state index in [1.807, 2.05) is 26.8 Å². The zero-order valence-electron chi connectivity index (χ0n) is 14.7. The van der Waals surface area contributed by atoms with E-state index in [4.69, 9.17) is 9.47 Å². The first-order valence-corrected chi connectivity index (χ1v) is 8.22. The molecule has 0 aliphatic carbocycles. The van der Waals surface area contributed by atoms with E-state index in [1.54, 1.807) is 12.1 Å². The first kappa shape index (κ1) is 17.9. The van der Waals surface area contributed by atoms with Gasteiger partial charge in [0.1, 0.15) is 17.1 Å². The molecule has 0 saturated carbocycles. The van der Waals surface area contributed by atoms with Crippen LogP contribution in [0.1, 0.15) is 41.8 Å². The second kappa shape index (κ2) is 7.86. The molecule has 0 atom stereocenters. The molecular weight excluding hydrogens is 304 g/mol. The zero-order valence-corrected chi connectivity index (χ0v) is 14.7. The number of benzene rings is 2. The van der Waals surface area contributed by atoms with Crippen molar-refractivity contribution in [2.24, 2.45) is 0 Å². The first-order chi connectivity index (χ1) is 11.5. The van der Waals surface area contributed by atoms with E-state index in [-0.39, 0.29) is 5.56 Å². The molecule has 4 nitrogen and oxygen atoms in total. The molecule has 2 rings (SSSR count). The summed E-state index contributed by atoms with van der Waals surface area (Å²) < 4.78 is 11.3. The third-order valence-corrected chi connectivity index (χ3v) is 3.76. The van der Waals surface area contributed by atoms with Gasteiger partial charge in [-0.1, -0.05) is 13.0 Å². The highest BCUT2D eigenvalue weighted by Crippen LogP contribution is 2.33. The van der Waals surface area contributed by atoms with Crippen molar-refractivity contribution < 1.29 is 19.4 Å².